The third-order valence-corrected chi connectivity index (χ3v) is 2.45. The second-order valence-corrected chi connectivity index (χ2v) is 3.71. The highest BCUT2D eigenvalue weighted by Gasteiger charge is 2.14. The number of esters is 1. The van der Waals surface area contributed by atoms with Crippen LogP contribution >= 0.6 is 11.6 Å². The van der Waals surface area contributed by atoms with Crippen LogP contribution in [0.5, 0.6) is 5.75 Å². The molecule has 2 rings (SSSR count). The van der Waals surface area contributed by atoms with Gasteiger partial charge >= 0.3 is 5.97 Å². The number of halogens is 2. The van der Waals surface area contributed by atoms with E-state index in [-0.39, 0.29) is 11.3 Å². The first-order valence-electron chi connectivity index (χ1n) is 4.90. The Morgan fingerprint density at radius 3 is 2.41 bits per heavy atom. The van der Waals surface area contributed by atoms with Crippen molar-refractivity contribution in [2.45, 2.75) is 0 Å². The third kappa shape index (κ3) is 2.63. The van der Waals surface area contributed by atoms with Crippen LogP contribution in [0.2, 0.25) is 5.02 Å². The average Bonchev–Trinajstić information content (AvgIpc) is 2.32. The van der Waals surface area contributed by atoms with E-state index in [1.807, 2.05) is 0 Å². The molecule has 17 heavy (non-hydrogen) atoms. The molecule has 2 aromatic carbocycles. The molecule has 0 spiro atoms. The molecule has 0 radical (unpaired) electrons. The van der Waals surface area contributed by atoms with Crippen molar-refractivity contribution < 1.29 is 13.9 Å². The van der Waals surface area contributed by atoms with Crippen molar-refractivity contribution in [3.63, 3.8) is 0 Å². The Morgan fingerprint density at radius 1 is 1.06 bits per heavy atom. The molecule has 0 saturated heterocycles. The minimum atomic E-state index is -0.767. The molecule has 2 aromatic rings. The molecule has 0 amide bonds. The van der Waals surface area contributed by atoms with Gasteiger partial charge in [-0.25, -0.2) is 9.18 Å². The molecule has 2 nitrogen and oxygen atoms in total. The first kappa shape index (κ1) is 11.6. The molecule has 0 aliphatic carbocycles. The second kappa shape index (κ2) is 4.97. The van der Waals surface area contributed by atoms with Crippen molar-refractivity contribution >= 4 is 17.6 Å². The first-order valence-corrected chi connectivity index (χ1v) is 5.27. The lowest BCUT2D eigenvalue weighted by Gasteiger charge is -2.06. The zero-order valence-corrected chi connectivity index (χ0v) is 9.45. The smallest absolute Gasteiger partial charge is 0.346 e. The minimum absolute atomic E-state index is 0.118. The molecular formula is C13H8ClFO2. The summed E-state index contributed by atoms with van der Waals surface area (Å²) >= 11 is 5.82. The second-order valence-electron chi connectivity index (χ2n) is 3.30. The largest absolute Gasteiger partial charge is 0.421 e. The Bertz CT molecular complexity index is 555. The normalized spacial score (nSPS) is 10.0. The molecular weight excluding hydrogens is 243 g/mol. The third-order valence-electron chi connectivity index (χ3n) is 2.13. The summed E-state index contributed by atoms with van der Waals surface area (Å²) in [5, 5.41) is 0.303. The van der Waals surface area contributed by atoms with E-state index in [2.05, 4.69) is 0 Å². The van der Waals surface area contributed by atoms with E-state index in [0.717, 1.165) is 0 Å². The fourth-order valence-corrected chi connectivity index (χ4v) is 1.48. The van der Waals surface area contributed by atoms with Gasteiger partial charge in [0.15, 0.2) is 0 Å². The van der Waals surface area contributed by atoms with E-state index in [0.29, 0.717) is 5.02 Å². The molecule has 0 aliphatic rings. The molecule has 4 heteroatoms. The monoisotopic (exact) mass is 250 g/mol. The molecule has 0 unspecified atom stereocenters. The van der Waals surface area contributed by atoms with E-state index in [9.17, 15) is 9.18 Å². The van der Waals surface area contributed by atoms with Crippen LogP contribution in [-0.4, -0.2) is 5.97 Å². The fourth-order valence-electron chi connectivity index (χ4n) is 1.31. The Hall–Kier alpha value is -1.87. The van der Waals surface area contributed by atoms with Crippen LogP contribution in [0.25, 0.3) is 0 Å². The number of para-hydroxylation sites is 1. The maximum atomic E-state index is 13.3. The first-order chi connectivity index (χ1) is 8.18. The number of hydrogen-bond acceptors (Lipinski definition) is 2. The topological polar surface area (TPSA) is 26.3 Å². The van der Waals surface area contributed by atoms with Crippen molar-refractivity contribution in [3.05, 3.63) is 64.9 Å². The highest BCUT2D eigenvalue weighted by molar-refractivity contribution is 6.32. The summed E-state index contributed by atoms with van der Waals surface area (Å²) in [5.74, 6) is -1.18. The van der Waals surface area contributed by atoms with E-state index in [1.54, 1.807) is 30.3 Å². The zero-order chi connectivity index (χ0) is 12.3. The summed E-state index contributed by atoms with van der Waals surface area (Å²) in [7, 11) is 0. The van der Waals surface area contributed by atoms with Crippen molar-refractivity contribution in [2.24, 2.45) is 0 Å². The van der Waals surface area contributed by atoms with E-state index in [4.69, 9.17) is 16.3 Å². The summed E-state index contributed by atoms with van der Waals surface area (Å²) in [6, 6.07) is 12.1. The van der Waals surface area contributed by atoms with Gasteiger partial charge in [0, 0.05) is 0 Å². The van der Waals surface area contributed by atoms with Crippen LogP contribution in [0.1, 0.15) is 10.4 Å². The summed E-state index contributed by atoms with van der Waals surface area (Å²) < 4.78 is 18.3. The SMILES string of the molecule is O=C(Oc1ccccc1Cl)c1ccccc1F. The van der Waals surface area contributed by atoms with Crippen LogP contribution in [0, 0.1) is 5.82 Å². The minimum Gasteiger partial charge on any atom is -0.421 e. The number of carbonyl (C=O) groups is 1. The van der Waals surface area contributed by atoms with Crippen molar-refractivity contribution in [1.82, 2.24) is 0 Å². The Kier molecular flexibility index (Phi) is 3.40. The lowest BCUT2D eigenvalue weighted by atomic mass is 10.2. The Morgan fingerprint density at radius 2 is 1.71 bits per heavy atom. The van der Waals surface area contributed by atoms with Gasteiger partial charge < -0.3 is 4.74 Å². The maximum absolute atomic E-state index is 13.3. The van der Waals surface area contributed by atoms with E-state index in [1.165, 1.54) is 18.2 Å². The summed E-state index contributed by atoms with van der Waals surface area (Å²) in [4.78, 5) is 11.7. The van der Waals surface area contributed by atoms with Crippen LogP contribution in [0.15, 0.2) is 48.5 Å². The highest BCUT2D eigenvalue weighted by Crippen LogP contribution is 2.24. The van der Waals surface area contributed by atoms with Gasteiger partial charge in [-0.3, -0.25) is 0 Å². The lowest BCUT2D eigenvalue weighted by molar-refractivity contribution is 0.0730. The van der Waals surface area contributed by atoms with Crippen molar-refractivity contribution in [1.29, 1.82) is 0 Å². The quantitative estimate of drug-likeness (QED) is 0.600. The van der Waals surface area contributed by atoms with Crippen LogP contribution in [-0.2, 0) is 0 Å². The molecule has 0 N–H and O–H groups in total. The zero-order valence-electron chi connectivity index (χ0n) is 8.69. The highest BCUT2D eigenvalue weighted by atomic mass is 35.5. The van der Waals surface area contributed by atoms with Gasteiger partial charge in [-0.05, 0) is 24.3 Å². The Balaban J connectivity index is 2.24. The van der Waals surface area contributed by atoms with E-state index < -0.39 is 11.8 Å². The number of carbonyl (C=O) groups excluding carboxylic acids is 1. The van der Waals surface area contributed by atoms with Crippen LogP contribution in [0.3, 0.4) is 0 Å². The predicted octanol–water partition coefficient (Wildman–Crippen LogP) is 3.70. The summed E-state index contributed by atoms with van der Waals surface area (Å²) in [5.41, 5.74) is -0.118. The van der Waals surface area contributed by atoms with Gasteiger partial charge in [0.1, 0.15) is 11.6 Å². The molecule has 86 valence electrons. The molecule has 0 aromatic heterocycles. The molecule has 0 heterocycles. The van der Waals surface area contributed by atoms with Gasteiger partial charge in [-0.2, -0.15) is 0 Å². The molecule has 0 fully saturated rings. The lowest BCUT2D eigenvalue weighted by Crippen LogP contribution is -2.10. The van der Waals surface area contributed by atoms with Gasteiger partial charge in [0.05, 0.1) is 10.6 Å². The number of ether oxygens (including phenoxy) is 1. The fraction of sp³-hybridized carbons (Fsp3) is 0. The average molecular weight is 251 g/mol. The molecule has 0 bridgehead atoms. The number of hydrogen-bond donors (Lipinski definition) is 0. The van der Waals surface area contributed by atoms with Crippen molar-refractivity contribution in [3.8, 4) is 5.75 Å². The molecule has 0 saturated carbocycles. The maximum Gasteiger partial charge on any atom is 0.346 e. The van der Waals surface area contributed by atoms with Crippen LogP contribution < -0.4 is 4.74 Å². The van der Waals surface area contributed by atoms with Crippen LogP contribution in [0.4, 0.5) is 4.39 Å². The number of benzene rings is 2. The van der Waals surface area contributed by atoms with Crippen molar-refractivity contribution in [2.75, 3.05) is 0 Å². The number of rotatable bonds is 2. The van der Waals surface area contributed by atoms with Gasteiger partial charge in [0.2, 0.25) is 0 Å². The van der Waals surface area contributed by atoms with E-state index >= 15 is 0 Å². The van der Waals surface area contributed by atoms with Gasteiger partial charge in [-0.1, -0.05) is 35.9 Å². The van der Waals surface area contributed by atoms with Gasteiger partial charge in [0.25, 0.3) is 0 Å². The molecule has 0 atom stereocenters. The molecule has 0 aliphatic heterocycles. The predicted molar refractivity (Wildman–Crippen MR) is 62.8 cm³/mol. The van der Waals surface area contributed by atoms with Gasteiger partial charge in [-0.15, -0.1) is 0 Å². The summed E-state index contributed by atoms with van der Waals surface area (Å²) in [6.45, 7) is 0. The summed E-state index contributed by atoms with van der Waals surface area (Å²) in [6.07, 6.45) is 0. The standard InChI is InChI=1S/C13H8ClFO2/c14-10-6-2-4-8-12(10)17-13(16)9-5-1-3-7-11(9)15/h1-8H. The Labute approximate surface area is 103 Å².